The smallest absolute Gasteiger partial charge is 0.216 e. The second kappa shape index (κ2) is 4.49. The Labute approximate surface area is 101 Å². The highest BCUT2D eigenvalue weighted by Crippen LogP contribution is 2.39. The maximum atomic E-state index is 12.5. The number of rotatable bonds is 5. The second-order valence-electron chi connectivity index (χ2n) is 4.26. The Bertz CT molecular complexity index is 394. The van der Waals surface area contributed by atoms with E-state index in [0.29, 0.717) is 18.0 Å². The zero-order chi connectivity index (χ0) is 12.5. The minimum absolute atomic E-state index is 0.0116. The van der Waals surface area contributed by atoms with Crippen LogP contribution in [-0.4, -0.2) is 35.4 Å². The summed E-state index contributed by atoms with van der Waals surface area (Å²) in [7, 11) is 3.14. The molecule has 0 spiro atoms. The number of carbonyl (C=O) groups is 1. The van der Waals surface area contributed by atoms with Gasteiger partial charge in [0.2, 0.25) is 5.78 Å². The van der Waals surface area contributed by atoms with Crippen molar-refractivity contribution in [3.8, 4) is 5.75 Å². The molecule has 0 saturated heterocycles. The van der Waals surface area contributed by atoms with Gasteiger partial charge in [0.15, 0.2) is 5.75 Å². The molecule has 1 aliphatic carbocycles. The van der Waals surface area contributed by atoms with Gasteiger partial charge in [0.25, 0.3) is 0 Å². The lowest BCUT2D eigenvalue weighted by atomic mass is 9.75. The van der Waals surface area contributed by atoms with E-state index >= 15 is 0 Å². The molecule has 1 aliphatic rings. The number of aromatic nitrogens is 2. The molecule has 0 aromatic carbocycles. The molecule has 1 aromatic heterocycles. The van der Waals surface area contributed by atoms with Gasteiger partial charge < -0.3 is 9.47 Å². The number of methoxy groups -OCH3 is 2. The first-order valence-corrected chi connectivity index (χ1v) is 5.88. The van der Waals surface area contributed by atoms with Crippen molar-refractivity contribution in [2.24, 2.45) is 0 Å². The highest BCUT2D eigenvalue weighted by atomic mass is 16.5. The van der Waals surface area contributed by atoms with Crippen molar-refractivity contribution in [2.45, 2.75) is 38.3 Å². The number of Topliss-reactive ketones (excluding diaryl/α,β-unsaturated/α-hetero) is 1. The molecule has 0 bridgehead atoms. The van der Waals surface area contributed by atoms with Gasteiger partial charge >= 0.3 is 0 Å². The number of ketones is 1. The third kappa shape index (κ3) is 1.74. The third-order valence-corrected chi connectivity index (χ3v) is 3.51. The number of hydrogen-bond acceptors (Lipinski definition) is 4. The van der Waals surface area contributed by atoms with Gasteiger partial charge in [-0.25, -0.2) is 0 Å². The predicted octanol–water partition coefficient (Wildman–Crippen LogP) is 1.66. The van der Waals surface area contributed by atoms with Crippen molar-refractivity contribution >= 4 is 5.78 Å². The van der Waals surface area contributed by atoms with Crippen LogP contribution in [0.4, 0.5) is 0 Å². The first kappa shape index (κ1) is 12.1. The monoisotopic (exact) mass is 238 g/mol. The number of ether oxygens (including phenoxy) is 2. The number of aryl methyl sites for hydroxylation is 1. The first-order valence-electron chi connectivity index (χ1n) is 5.88. The Morgan fingerprint density at radius 2 is 2.24 bits per heavy atom. The normalized spacial score (nSPS) is 17.6. The Hall–Kier alpha value is -1.36. The minimum atomic E-state index is -0.653. The van der Waals surface area contributed by atoms with Gasteiger partial charge in [-0.1, -0.05) is 0 Å². The van der Waals surface area contributed by atoms with E-state index in [4.69, 9.17) is 9.47 Å². The fourth-order valence-electron chi connectivity index (χ4n) is 2.22. The molecule has 5 nitrogen and oxygen atoms in total. The van der Waals surface area contributed by atoms with Crippen LogP contribution in [0.15, 0.2) is 6.20 Å². The van der Waals surface area contributed by atoms with Crippen molar-refractivity contribution in [3.05, 3.63) is 11.9 Å². The van der Waals surface area contributed by atoms with E-state index in [0.717, 1.165) is 19.3 Å². The lowest BCUT2D eigenvalue weighted by Crippen LogP contribution is -2.47. The van der Waals surface area contributed by atoms with E-state index < -0.39 is 5.60 Å². The highest BCUT2D eigenvalue weighted by molar-refractivity contribution is 6.03. The summed E-state index contributed by atoms with van der Waals surface area (Å²) in [5, 5.41) is 4.15. The lowest BCUT2D eigenvalue weighted by Gasteiger charge is -2.38. The molecule has 1 fully saturated rings. The van der Waals surface area contributed by atoms with E-state index in [1.807, 2.05) is 6.92 Å². The first-order chi connectivity index (χ1) is 8.18. The van der Waals surface area contributed by atoms with Gasteiger partial charge in [-0.3, -0.25) is 9.48 Å². The zero-order valence-electron chi connectivity index (χ0n) is 10.5. The van der Waals surface area contributed by atoms with E-state index in [2.05, 4.69) is 5.10 Å². The van der Waals surface area contributed by atoms with E-state index in [1.54, 1.807) is 25.1 Å². The fraction of sp³-hybridized carbons (Fsp3) is 0.667. The molecule has 1 heterocycles. The summed E-state index contributed by atoms with van der Waals surface area (Å²) in [6.45, 7) is 2.59. The van der Waals surface area contributed by atoms with E-state index in [-0.39, 0.29) is 5.78 Å². The fourth-order valence-corrected chi connectivity index (χ4v) is 2.22. The van der Waals surface area contributed by atoms with Gasteiger partial charge in [-0.15, -0.1) is 0 Å². The van der Waals surface area contributed by atoms with Crippen molar-refractivity contribution < 1.29 is 14.3 Å². The SMILES string of the molecule is CCn1ncc(OC)c1C(=O)C1(OC)CCC1. The maximum Gasteiger partial charge on any atom is 0.216 e. The summed E-state index contributed by atoms with van der Waals surface area (Å²) in [4.78, 5) is 12.5. The largest absolute Gasteiger partial charge is 0.493 e. The van der Waals surface area contributed by atoms with Crippen LogP contribution in [0.5, 0.6) is 5.75 Å². The Balaban J connectivity index is 2.38. The van der Waals surface area contributed by atoms with Crippen LogP contribution in [0.3, 0.4) is 0 Å². The van der Waals surface area contributed by atoms with Crippen molar-refractivity contribution in [3.63, 3.8) is 0 Å². The van der Waals surface area contributed by atoms with E-state index in [9.17, 15) is 4.79 Å². The van der Waals surface area contributed by atoms with Crippen molar-refractivity contribution in [1.29, 1.82) is 0 Å². The van der Waals surface area contributed by atoms with Crippen LogP contribution in [0.2, 0.25) is 0 Å². The molecule has 1 saturated carbocycles. The molecule has 0 unspecified atom stereocenters. The van der Waals surface area contributed by atoms with Crippen LogP contribution < -0.4 is 4.74 Å². The molecule has 5 heteroatoms. The lowest BCUT2D eigenvalue weighted by molar-refractivity contribution is -0.0456. The van der Waals surface area contributed by atoms with Crippen LogP contribution in [0, 0.1) is 0 Å². The Morgan fingerprint density at radius 3 is 2.65 bits per heavy atom. The number of nitrogens with zero attached hydrogens (tertiary/aromatic N) is 2. The summed E-state index contributed by atoms with van der Waals surface area (Å²) >= 11 is 0. The molecule has 0 atom stereocenters. The quantitative estimate of drug-likeness (QED) is 0.732. The summed E-state index contributed by atoms with van der Waals surface area (Å²) in [6.07, 6.45) is 4.17. The topological polar surface area (TPSA) is 53.4 Å². The molecule has 0 amide bonds. The molecular weight excluding hydrogens is 220 g/mol. The van der Waals surface area contributed by atoms with E-state index in [1.165, 1.54) is 0 Å². The number of carbonyl (C=O) groups excluding carboxylic acids is 1. The molecule has 0 N–H and O–H groups in total. The maximum absolute atomic E-state index is 12.5. The summed E-state index contributed by atoms with van der Waals surface area (Å²) < 4.78 is 12.3. The number of hydrogen-bond donors (Lipinski definition) is 0. The van der Waals surface area contributed by atoms with Crippen LogP contribution in [0.1, 0.15) is 36.7 Å². The third-order valence-electron chi connectivity index (χ3n) is 3.51. The highest BCUT2D eigenvalue weighted by Gasteiger charge is 2.46. The Kier molecular flexibility index (Phi) is 3.19. The molecule has 2 rings (SSSR count). The standard InChI is InChI=1S/C12H18N2O3/c1-4-14-10(9(16-2)8-13-14)11(15)12(17-3)6-5-7-12/h8H,4-7H2,1-3H3. The minimum Gasteiger partial charge on any atom is -0.493 e. The molecular formula is C12H18N2O3. The van der Waals surface area contributed by atoms with Crippen LogP contribution in [0.25, 0.3) is 0 Å². The van der Waals surface area contributed by atoms with Gasteiger partial charge in [-0.05, 0) is 26.2 Å². The van der Waals surface area contributed by atoms with Crippen LogP contribution >= 0.6 is 0 Å². The van der Waals surface area contributed by atoms with Gasteiger partial charge in [-0.2, -0.15) is 5.10 Å². The average Bonchev–Trinajstić information content (AvgIpc) is 2.70. The molecule has 0 aliphatic heterocycles. The second-order valence-corrected chi connectivity index (χ2v) is 4.26. The average molecular weight is 238 g/mol. The summed E-state index contributed by atoms with van der Waals surface area (Å²) in [5.74, 6) is 0.516. The molecule has 94 valence electrons. The van der Waals surface area contributed by atoms with Gasteiger partial charge in [0.05, 0.1) is 13.3 Å². The van der Waals surface area contributed by atoms with Crippen LogP contribution in [-0.2, 0) is 11.3 Å². The molecule has 0 radical (unpaired) electrons. The van der Waals surface area contributed by atoms with Crippen molar-refractivity contribution in [1.82, 2.24) is 9.78 Å². The predicted molar refractivity (Wildman–Crippen MR) is 62.4 cm³/mol. The van der Waals surface area contributed by atoms with Gasteiger partial charge in [0, 0.05) is 13.7 Å². The molecule has 1 aromatic rings. The van der Waals surface area contributed by atoms with Crippen molar-refractivity contribution in [2.75, 3.05) is 14.2 Å². The zero-order valence-corrected chi connectivity index (χ0v) is 10.5. The van der Waals surface area contributed by atoms with Gasteiger partial charge in [0.1, 0.15) is 11.3 Å². The molecule has 17 heavy (non-hydrogen) atoms. The summed E-state index contributed by atoms with van der Waals surface area (Å²) in [6, 6.07) is 0. The Morgan fingerprint density at radius 1 is 1.53 bits per heavy atom. The summed E-state index contributed by atoms with van der Waals surface area (Å²) in [5.41, 5.74) is -0.128.